The van der Waals surface area contributed by atoms with Gasteiger partial charge in [0, 0.05) is 12.1 Å². The topological polar surface area (TPSA) is 72.2 Å². The lowest BCUT2D eigenvalue weighted by atomic mass is 10.1. The first-order valence-corrected chi connectivity index (χ1v) is 6.96. The number of rotatable bonds is 4. The van der Waals surface area contributed by atoms with Gasteiger partial charge in [-0.2, -0.15) is 0 Å². The van der Waals surface area contributed by atoms with Gasteiger partial charge in [0.25, 0.3) is 0 Å². The Morgan fingerprint density at radius 2 is 1.83 bits per heavy atom. The molecule has 0 radical (unpaired) electrons. The number of sulfonamides is 1. The first-order chi connectivity index (χ1) is 7.62. The summed E-state index contributed by atoms with van der Waals surface area (Å²) in [5.74, 6) is 0. The summed E-state index contributed by atoms with van der Waals surface area (Å²) in [6, 6.07) is 5.26. The largest absolute Gasteiger partial charge is 0.324 e. The molecule has 1 aromatic rings. The number of nitrogens with two attached hydrogens (primary N) is 1. The summed E-state index contributed by atoms with van der Waals surface area (Å²) in [5, 5.41) is 0. The summed E-state index contributed by atoms with van der Waals surface area (Å²) in [7, 11) is -3.47. The molecule has 0 fully saturated rings. The van der Waals surface area contributed by atoms with Crippen LogP contribution in [0.2, 0.25) is 0 Å². The van der Waals surface area contributed by atoms with E-state index in [2.05, 4.69) is 4.72 Å². The third-order valence-electron chi connectivity index (χ3n) is 2.34. The molecule has 0 saturated carbocycles. The van der Waals surface area contributed by atoms with Crippen LogP contribution in [0.25, 0.3) is 0 Å². The van der Waals surface area contributed by atoms with E-state index in [0.717, 1.165) is 11.1 Å². The summed E-state index contributed by atoms with van der Waals surface area (Å²) in [5.41, 5.74) is 6.98. The van der Waals surface area contributed by atoms with Gasteiger partial charge in [-0.05, 0) is 39.3 Å². The Hall–Kier alpha value is -0.620. The lowest BCUT2D eigenvalue weighted by molar-refractivity contribution is 0.497. The van der Waals surface area contributed by atoms with Gasteiger partial charge >= 0.3 is 0 Å². The standard InChI is InChI=1S/C12H20N2O2S.ClH/c1-9-5-6-11(10(2)7-9)17(15,16)14-8-12(3,4)13;/h5-7,14H,8,13H2,1-4H3;1H. The van der Waals surface area contributed by atoms with Crippen molar-refractivity contribution in [3.8, 4) is 0 Å². The second-order valence-corrected chi connectivity index (χ2v) is 6.82. The maximum absolute atomic E-state index is 12.0. The van der Waals surface area contributed by atoms with Crippen LogP contribution in [0.15, 0.2) is 23.1 Å². The average molecular weight is 293 g/mol. The third kappa shape index (κ3) is 4.94. The van der Waals surface area contributed by atoms with Crippen molar-refractivity contribution < 1.29 is 8.42 Å². The Morgan fingerprint density at radius 1 is 1.28 bits per heavy atom. The number of hydrogen-bond acceptors (Lipinski definition) is 3. The summed E-state index contributed by atoms with van der Waals surface area (Å²) < 4.78 is 26.6. The van der Waals surface area contributed by atoms with E-state index in [1.165, 1.54) is 0 Å². The van der Waals surface area contributed by atoms with Crippen molar-refractivity contribution in [1.82, 2.24) is 4.72 Å². The highest BCUT2D eigenvalue weighted by molar-refractivity contribution is 7.89. The maximum Gasteiger partial charge on any atom is 0.240 e. The smallest absolute Gasteiger partial charge is 0.240 e. The lowest BCUT2D eigenvalue weighted by Crippen LogP contribution is -2.45. The van der Waals surface area contributed by atoms with E-state index in [1.807, 2.05) is 13.0 Å². The fraction of sp³-hybridized carbons (Fsp3) is 0.500. The normalized spacial score (nSPS) is 12.1. The van der Waals surface area contributed by atoms with Gasteiger partial charge in [-0.15, -0.1) is 12.4 Å². The lowest BCUT2D eigenvalue weighted by Gasteiger charge is -2.19. The molecule has 0 bridgehead atoms. The van der Waals surface area contributed by atoms with Gasteiger partial charge in [-0.3, -0.25) is 0 Å². The number of aryl methyl sites for hydroxylation is 2. The quantitative estimate of drug-likeness (QED) is 0.888. The fourth-order valence-electron chi connectivity index (χ4n) is 1.46. The number of hydrogen-bond donors (Lipinski definition) is 2. The van der Waals surface area contributed by atoms with Crippen LogP contribution in [0.4, 0.5) is 0 Å². The van der Waals surface area contributed by atoms with E-state index in [9.17, 15) is 8.42 Å². The van der Waals surface area contributed by atoms with Crippen molar-refractivity contribution in [3.05, 3.63) is 29.3 Å². The second-order valence-electron chi connectivity index (χ2n) is 5.08. The van der Waals surface area contributed by atoms with Crippen LogP contribution in [0, 0.1) is 13.8 Å². The molecule has 0 aliphatic carbocycles. The maximum atomic E-state index is 12.0. The Balaban J connectivity index is 0.00000289. The van der Waals surface area contributed by atoms with E-state index in [0.29, 0.717) is 4.90 Å². The highest BCUT2D eigenvalue weighted by atomic mass is 35.5. The van der Waals surface area contributed by atoms with Crippen LogP contribution in [0.1, 0.15) is 25.0 Å². The SMILES string of the molecule is Cc1ccc(S(=O)(=O)NCC(C)(C)N)c(C)c1.Cl. The van der Waals surface area contributed by atoms with Crippen molar-refractivity contribution in [2.45, 2.75) is 38.1 Å². The third-order valence-corrected chi connectivity index (χ3v) is 3.90. The Morgan fingerprint density at radius 3 is 2.28 bits per heavy atom. The molecule has 0 aromatic heterocycles. The summed E-state index contributed by atoms with van der Waals surface area (Å²) in [6.45, 7) is 7.48. The van der Waals surface area contributed by atoms with Crippen LogP contribution in [-0.4, -0.2) is 20.5 Å². The van der Waals surface area contributed by atoms with Gasteiger partial charge in [0.05, 0.1) is 4.90 Å². The summed E-state index contributed by atoms with van der Waals surface area (Å²) in [4.78, 5) is 0.312. The van der Waals surface area contributed by atoms with Crippen LogP contribution in [0.5, 0.6) is 0 Å². The first kappa shape index (κ1) is 17.4. The average Bonchev–Trinajstić information content (AvgIpc) is 2.13. The Labute approximate surface area is 115 Å². The second kappa shape index (κ2) is 6.02. The molecule has 6 heteroatoms. The Kier molecular flexibility index (Phi) is 5.81. The van der Waals surface area contributed by atoms with E-state index in [1.54, 1.807) is 32.9 Å². The van der Waals surface area contributed by atoms with Crippen LogP contribution in [-0.2, 0) is 10.0 Å². The molecule has 0 amide bonds. The van der Waals surface area contributed by atoms with Crippen molar-refractivity contribution in [2.75, 3.05) is 6.54 Å². The predicted molar refractivity (Wildman–Crippen MR) is 76.6 cm³/mol. The van der Waals surface area contributed by atoms with Gasteiger partial charge in [0.1, 0.15) is 0 Å². The zero-order valence-corrected chi connectivity index (χ0v) is 12.8. The number of halogens is 1. The molecular weight excluding hydrogens is 272 g/mol. The zero-order valence-electron chi connectivity index (χ0n) is 11.1. The molecule has 0 aliphatic heterocycles. The molecule has 0 spiro atoms. The predicted octanol–water partition coefficient (Wildman–Crippen LogP) is 1.74. The molecule has 1 rings (SSSR count). The van der Waals surface area contributed by atoms with Crippen molar-refractivity contribution in [2.24, 2.45) is 5.73 Å². The summed E-state index contributed by atoms with van der Waals surface area (Å²) in [6.07, 6.45) is 0. The van der Waals surface area contributed by atoms with Crippen LogP contribution in [0.3, 0.4) is 0 Å². The van der Waals surface area contributed by atoms with Gasteiger partial charge in [-0.1, -0.05) is 17.7 Å². The minimum Gasteiger partial charge on any atom is -0.324 e. The van der Waals surface area contributed by atoms with E-state index in [-0.39, 0.29) is 19.0 Å². The minimum absolute atomic E-state index is 0. The molecule has 104 valence electrons. The molecule has 4 nitrogen and oxygen atoms in total. The molecule has 3 N–H and O–H groups in total. The molecule has 0 atom stereocenters. The van der Waals surface area contributed by atoms with Crippen molar-refractivity contribution in [1.29, 1.82) is 0 Å². The zero-order chi connectivity index (χ0) is 13.3. The van der Waals surface area contributed by atoms with Gasteiger partial charge in [-0.25, -0.2) is 13.1 Å². The monoisotopic (exact) mass is 292 g/mol. The molecule has 0 saturated heterocycles. The van der Waals surface area contributed by atoms with Gasteiger partial charge in [0.2, 0.25) is 10.0 Å². The number of benzene rings is 1. The molecule has 18 heavy (non-hydrogen) atoms. The van der Waals surface area contributed by atoms with E-state index in [4.69, 9.17) is 5.73 Å². The van der Waals surface area contributed by atoms with Crippen molar-refractivity contribution in [3.63, 3.8) is 0 Å². The van der Waals surface area contributed by atoms with Gasteiger partial charge < -0.3 is 5.73 Å². The highest BCUT2D eigenvalue weighted by Gasteiger charge is 2.20. The molecule has 0 unspecified atom stereocenters. The number of nitrogens with one attached hydrogen (secondary N) is 1. The van der Waals surface area contributed by atoms with E-state index < -0.39 is 15.6 Å². The first-order valence-electron chi connectivity index (χ1n) is 5.48. The highest BCUT2D eigenvalue weighted by Crippen LogP contribution is 2.16. The minimum atomic E-state index is -3.47. The van der Waals surface area contributed by atoms with Crippen LogP contribution < -0.4 is 10.5 Å². The van der Waals surface area contributed by atoms with E-state index >= 15 is 0 Å². The summed E-state index contributed by atoms with van der Waals surface area (Å²) >= 11 is 0. The van der Waals surface area contributed by atoms with Gasteiger partial charge in [0.15, 0.2) is 0 Å². The molecule has 0 aliphatic rings. The Bertz CT molecular complexity index is 507. The van der Waals surface area contributed by atoms with Crippen molar-refractivity contribution >= 4 is 22.4 Å². The molecular formula is C12H21ClN2O2S. The fourth-order valence-corrected chi connectivity index (χ4v) is 2.91. The molecule has 1 aromatic carbocycles. The molecule has 0 heterocycles. The van der Waals surface area contributed by atoms with Crippen LogP contribution >= 0.6 is 12.4 Å².